The second-order valence-electron chi connectivity index (χ2n) is 3.35. The number of halogens is 3. The predicted molar refractivity (Wildman–Crippen MR) is 49.9 cm³/mol. The molecule has 1 aromatic carbocycles. The van der Waals surface area contributed by atoms with E-state index in [2.05, 4.69) is 4.84 Å². The molecule has 0 saturated heterocycles. The summed E-state index contributed by atoms with van der Waals surface area (Å²) in [5, 5.41) is 0. The molecule has 0 heterocycles. The molecule has 0 saturated carbocycles. The van der Waals surface area contributed by atoms with E-state index in [9.17, 15) is 13.2 Å². The minimum Gasteiger partial charge on any atom is -0.297 e. The molecule has 1 aromatic rings. The number of nitrogens with two attached hydrogens (primary N) is 1. The van der Waals surface area contributed by atoms with Gasteiger partial charge in [0.1, 0.15) is 6.10 Å². The summed E-state index contributed by atoms with van der Waals surface area (Å²) in [7, 11) is 0. The van der Waals surface area contributed by atoms with Crippen LogP contribution >= 0.6 is 0 Å². The van der Waals surface area contributed by atoms with Gasteiger partial charge in [-0.15, -0.1) is 0 Å². The summed E-state index contributed by atoms with van der Waals surface area (Å²) >= 11 is 0. The molecule has 1 rings (SSSR count). The maximum atomic E-state index is 12.3. The molecule has 1 atom stereocenters. The Bertz CT molecular complexity index is 349. The lowest BCUT2D eigenvalue weighted by Gasteiger charge is -2.14. The Labute approximate surface area is 85.8 Å². The highest BCUT2D eigenvalue weighted by atomic mass is 19.4. The number of benzene rings is 1. The third kappa shape index (κ3) is 2.70. The van der Waals surface area contributed by atoms with E-state index in [-0.39, 0.29) is 0 Å². The minimum atomic E-state index is -4.31. The zero-order chi connectivity index (χ0) is 11.6. The van der Waals surface area contributed by atoms with E-state index in [4.69, 9.17) is 5.90 Å². The molecular weight excluding hydrogens is 207 g/mol. The predicted octanol–water partition coefficient (Wildman–Crippen LogP) is 2.97. The van der Waals surface area contributed by atoms with Gasteiger partial charge in [0.25, 0.3) is 0 Å². The van der Waals surface area contributed by atoms with Crippen LogP contribution in [0.5, 0.6) is 0 Å². The number of alkyl halides is 3. The molecule has 0 aromatic heterocycles. The highest BCUT2D eigenvalue weighted by Crippen LogP contribution is 2.31. The van der Waals surface area contributed by atoms with Gasteiger partial charge in [0, 0.05) is 0 Å². The molecule has 1 unspecified atom stereocenters. The molecule has 0 spiro atoms. The van der Waals surface area contributed by atoms with E-state index >= 15 is 0 Å². The van der Waals surface area contributed by atoms with Gasteiger partial charge in [-0.3, -0.25) is 4.84 Å². The Balaban J connectivity index is 3.09. The molecule has 5 heteroatoms. The first-order valence-electron chi connectivity index (χ1n) is 4.39. The number of hydrogen-bond donors (Lipinski definition) is 1. The average molecular weight is 219 g/mol. The fraction of sp³-hybridized carbons (Fsp3) is 0.400. The highest BCUT2D eigenvalue weighted by Gasteiger charge is 2.30. The summed E-state index contributed by atoms with van der Waals surface area (Å²) in [6.45, 7) is 3.27. The molecule has 84 valence electrons. The standard InChI is InChI=1S/C10H12F3NO/c1-6-5-8(10(11,12)13)3-4-9(6)7(2)15-14/h3-5,7H,14H2,1-2H3. The van der Waals surface area contributed by atoms with E-state index in [0.717, 1.165) is 12.1 Å². The zero-order valence-electron chi connectivity index (χ0n) is 8.43. The van der Waals surface area contributed by atoms with Crippen molar-refractivity contribution in [1.82, 2.24) is 0 Å². The Kier molecular flexibility index (Phi) is 3.36. The van der Waals surface area contributed by atoms with Crippen molar-refractivity contribution >= 4 is 0 Å². The molecule has 15 heavy (non-hydrogen) atoms. The molecule has 0 fully saturated rings. The van der Waals surface area contributed by atoms with E-state index in [1.807, 2.05) is 0 Å². The summed E-state index contributed by atoms with van der Waals surface area (Å²) in [5.41, 5.74) is 0.515. The summed E-state index contributed by atoms with van der Waals surface area (Å²) in [6, 6.07) is 3.50. The average Bonchev–Trinajstić information content (AvgIpc) is 2.15. The molecule has 0 aliphatic heterocycles. The Hall–Kier alpha value is -1.07. The van der Waals surface area contributed by atoms with Crippen LogP contribution in [0.1, 0.15) is 29.7 Å². The number of aryl methyl sites for hydroxylation is 1. The molecule has 0 bridgehead atoms. The third-order valence-electron chi connectivity index (χ3n) is 2.24. The highest BCUT2D eigenvalue weighted by molar-refractivity contribution is 5.33. The van der Waals surface area contributed by atoms with Gasteiger partial charge in [0.15, 0.2) is 0 Å². The lowest BCUT2D eigenvalue weighted by molar-refractivity contribution is -0.137. The molecule has 0 amide bonds. The van der Waals surface area contributed by atoms with Crippen LogP contribution in [-0.2, 0) is 11.0 Å². The largest absolute Gasteiger partial charge is 0.416 e. The Morgan fingerprint density at radius 1 is 1.33 bits per heavy atom. The van der Waals surface area contributed by atoms with Gasteiger partial charge < -0.3 is 0 Å². The fourth-order valence-electron chi connectivity index (χ4n) is 1.38. The van der Waals surface area contributed by atoms with E-state index in [0.29, 0.717) is 11.1 Å². The van der Waals surface area contributed by atoms with Gasteiger partial charge in [0.05, 0.1) is 5.56 Å². The van der Waals surface area contributed by atoms with E-state index in [1.165, 1.54) is 6.07 Å². The van der Waals surface area contributed by atoms with Crippen molar-refractivity contribution in [2.24, 2.45) is 5.90 Å². The van der Waals surface area contributed by atoms with Crippen LogP contribution in [0.3, 0.4) is 0 Å². The van der Waals surface area contributed by atoms with Crippen molar-refractivity contribution in [3.05, 3.63) is 34.9 Å². The first-order valence-corrected chi connectivity index (χ1v) is 4.39. The molecular formula is C10H12F3NO. The molecule has 0 radical (unpaired) electrons. The summed E-state index contributed by atoms with van der Waals surface area (Å²) in [4.78, 5) is 4.56. The summed E-state index contributed by atoms with van der Waals surface area (Å²) < 4.78 is 37.0. The van der Waals surface area contributed by atoms with Crippen LogP contribution in [0, 0.1) is 6.92 Å². The van der Waals surface area contributed by atoms with Crippen LogP contribution in [0.4, 0.5) is 13.2 Å². The van der Waals surface area contributed by atoms with Gasteiger partial charge >= 0.3 is 6.18 Å². The lowest BCUT2D eigenvalue weighted by Crippen LogP contribution is -2.09. The van der Waals surface area contributed by atoms with Crippen LogP contribution < -0.4 is 5.90 Å². The first-order chi connectivity index (χ1) is 6.86. The van der Waals surface area contributed by atoms with Crippen molar-refractivity contribution in [3.8, 4) is 0 Å². The quantitative estimate of drug-likeness (QED) is 0.776. The first kappa shape index (κ1) is 12.0. The Morgan fingerprint density at radius 3 is 2.33 bits per heavy atom. The summed E-state index contributed by atoms with van der Waals surface area (Å²) in [6.07, 6.45) is -4.72. The molecule has 2 nitrogen and oxygen atoms in total. The van der Waals surface area contributed by atoms with E-state index < -0.39 is 17.8 Å². The normalized spacial score (nSPS) is 14.0. The monoisotopic (exact) mass is 219 g/mol. The maximum absolute atomic E-state index is 12.3. The smallest absolute Gasteiger partial charge is 0.297 e. The summed E-state index contributed by atoms with van der Waals surface area (Å²) in [5.74, 6) is 4.97. The second kappa shape index (κ2) is 4.20. The van der Waals surface area contributed by atoms with E-state index in [1.54, 1.807) is 13.8 Å². The SMILES string of the molecule is Cc1cc(C(F)(F)F)ccc1C(C)ON. The fourth-order valence-corrected chi connectivity index (χ4v) is 1.38. The van der Waals surface area contributed by atoms with Gasteiger partial charge in [-0.2, -0.15) is 13.2 Å². The van der Waals surface area contributed by atoms with Crippen LogP contribution in [0.15, 0.2) is 18.2 Å². The van der Waals surface area contributed by atoms with Crippen LogP contribution in [-0.4, -0.2) is 0 Å². The topological polar surface area (TPSA) is 35.2 Å². The van der Waals surface area contributed by atoms with Gasteiger partial charge in [-0.1, -0.05) is 6.07 Å². The molecule has 2 N–H and O–H groups in total. The number of hydrogen-bond acceptors (Lipinski definition) is 2. The maximum Gasteiger partial charge on any atom is 0.416 e. The van der Waals surface area contributed by atoms with Crippen molar-refractivity contribution in [1.29, 1.82) is 0 Å². The second-order valence-corrected chi connectivity index (χ2v) is 3.35. The van der Waals surface area contributed by atoms with Gasteiger partial charge in [-0.25, -0.2) is 5.90 Å². The zero-order valence-corrected chi connectivity index (χ0v) is 8.43. The van der Waals surface area contributed by atoms with Crippen LogP contribution in [0.25, 0.3) is 0 Å². The third-order valence-corrected chi connectivity index (χ3v) is 2.24. The number of rotatable bonds is 2. The molecule has 0 aliphatic rings. The van der Waals surface area contributed by atoms with Gasteiger partial charge in [-0.05, 0) is 37.1 Å². The van der Waals surface area contributed by atoms with Crippen LogP contribution in [0.2, 0.25) is 0 Å². The Morgan fingerprint density at radius 2 is 1.93 bits per heavy atom. The minimum absolute atomic E-state index is 0.410. The lowest BCUT2D eigenvalue weighted by atomic mass is 10.0. The van der Waals surface area contributed by atoms with Crippen molar-refractivity contribution in [2.75, 3.05) is 0 Å². The van der Waals surface area contributed by atoms with Gasteiger partial charge in [0.2, 0.25) is 0 Å². The van der Waals surface area contributed by atoms with Crippen molar-refractivity contribution < 1.29 is 18.0 Å². The van der Waals surface area contributed by atoms with Crippen molar-refractivity contribution in [2.45, 2.75) is 26.1 Å². The van der Waals surface area contributed by atoms with Crippen molar-refractivity contribution in [3.63, 3.8) is 0 Å². The molecule has 0 aliphatic carbocycles.